The predicted molar refractivity (Wildman–Crippen MR) is 248 cm³/mol. The molecule has 0 heterocycles. The van der Waals surface area contributed by atoms with Crippen molar-refractivity contribution in [2.45, 2.75) is 303 Å². The number of hydrogen-bond donors (Lipinski definition) is 1. The van der Waals surface area contributed by atoms with Gasteiger partial charge in [-0.15, -0.1) is 0 Å². The average Bonchev–Trinajstić information content (AvgIpc) is 3.20. The maximum atomic E-state index is 9.73. The second-order valence-electron chi connectivity index (χ2n) is 18.1. The van der Waals surface area contributed by atoms with Gasteiger partial charge < -0.3 is 19.3 Å². The van der Waals surface area contributed by atoms with Gasteiger partial charge in [-0.25, -0.2) is 0 Å². The summed E-state index contributed by atoms with van der Waals surface area (Å²) in [4.78, 5) is 0. The van der Waals surface area contributed by atoms with Crippen molar-refractivity contribution in [2.24, 2.45) is 0 Å². The zero-order valence-corrected chi connectivity index (χ0v) is 39.1. The highest BCUT2D eigenvalue weighted by atomic mass is 16.6. The van der Waals surface area contributed by atoms with Gasteiger partial charge in [0.2, 0.25) is 0 Å². The lowest BCUT2D eigenvalue weighted by molar-refractivity contribution is -0.0568. The molecule has 0 aliphatic carbocycles. The molecule has 0 saturated carbocycles. The van der Waals surface area contributed by atoms with Gasteiger partial charge in [0, 0.05) is 6.61 Å². The molecule has 0 aliphatic rings. The van der Waals surface area contributed by atoms with Gasteiger partial charge in [-0.05, 0) is 19.8 Å². The number of ether oxygens (including phenoxy) is 3. The molecule has 0 aromatic rings. The summed E-state index contributed by atoms with van der Waals surface area (Å²) in [6, 6.07) is 0. The third kappa shape index (κ3) is 50.0. The molecule has 338 valence electrons. The van der Waals surface area contributed by atoms with Crippen LogP contribution in [0, 0.1) is 0 Å². The molecule has 0 spiro atoms. The molecule has 0 aromatic carbocycles. The summed E-state index contributed by atoms with van der Waals surface area (Å²) in [6.45, 7) is 9.55. The SMILES string of the molecule is CCCCCCCCCCCCCCCCCCCCCCCC(COCCOCCCCCCCCCCCCCCCCCCCCCC)OCC(C)O. The van der Waals surface area contributed by atoms with Crippen LogP contribution in [0.25, 0.3) is 0 Å². The molecule has 56 heavy (non-hydrogen) atoms. The van der Waals surface area contributed by atoms with Crippen LogP contribution >= 0.6 is 0 Å². The van der Waals surface area contributed by atoms with Gasteiger partial charge in [-0.1, -0.05) is 271 Å². The van der Waals surface area contributed by atoms with E-state index < -0.39 is 6.10 Å². The van der Waals surface area contributed by atoms with E-state index in [1.807, 2.05) is 0 Å². The van der Waals surface area contributed by atoms with Crippen LogP contribution in [0.3, 0.4) is 0 Å². The lowest BCUT2D eigenvalue weighted by Gasteiger charge is -2.19. The minimum Gasteiger partial charge on any atom is -0.391 e. The van der Waals surface area contributed by atoms with E-state index in [4.69, 9.17) is 14.2 Å². The highest BCUT2D eigenvalue weighted by molar-refractivity contribution is 4.60. The van der Waals surface area contributed by atoms with Crippen molar-refractivity contribution in [3.8, 4) is 0 Å². The van der Waals surface area contributed by atoms with Crippen molar-refractivity contribution in [1.29, 1.82) is 0 Å². The predicted octanol–water partition coefficient (Wildman–Crippen LogP) is 17.2. The Bertz CT molecular complexity index is 669. The molecule has 0 saturated heterocycles. The summed E-state index contributed by atoms with van der Waals surface area (Å²) in [5.74, 6) is 0. The molecule has 2 atom stereocenters. The first kappa shape index (κ1) is 55.8. The lowest BCUT2D eigenvalue weighted by Crippen LogP contribution is -2.25. The maximum absolute atomic E-state index is 9.73. The summed E-state index contributed by atoms with van der Waals surface area (Å²) >= 11 is 0. The molecule has 1 N–H and O–H groups in total. The van der Waals surface area contributed by atoms with Crippen LogP contribution in [-0.2, 0) is 14.2 Å². The minimum atomic E-state index is -0.426. The first-order chi connectivity index (χ1) is 27.7. The summed E-state index contributed by atoms with van der Waals surface area (Å²) in [5, 5.41) is 9.73. The van der Waals surface area contributed by atoms with Crippen LogP contribution < -0.4 is 0 Å². The van der Waals surface area contributed by atoms with Crippen molar-refractivity contribution >= 4 is 0 Å². The van der Waals surface area contributed by atoms with Crippen molar-refractivity contribution in [1.82, 2.24) is 0 Å². The molecular weight excluding hydrogens is 689 g/mol. The van der Waals surface area contributed by atoms with Crippen LogP contribution in [0.1, 0.15) is 290 Å². The van der Waals surface area contributed by atoms with Crippen molar-refractivity contribution < 1.29 is 19.3 Å². The Hall–Kier alpha value is -0.160. The monoisotopic (exact) mass is 795 g/mol. The third-order valence-electron chi connectivity index (χ3n) is 12.0. The van der Waals surface area contributed by atoms with Crippen LogP contribution in [0.4, 0.5) is 0 Å². The number of aliphatic hydroxyl groups excluding tert-OH is 1. The molecular formula is C52H106O4. The van der Waals surface area contributed by atoms with Crippen LogP contribution in [0.5, 0.6) is 0 Å². The molecule has 2 unspecified atom stereocenters. The fraction of sp³-hybridized carbons (Fsp3) is 1.00. The Labute approximate surface area is 353 Å². The number of rotatable bonds is 51. The summed E-state index contributed by atoms with van der Waals surface area (Å²) in [7, 11) is 0. The molecule has 0 fully saturated rings. The Morgan fingerprint density at radius 2 is 0.571 bits per heavy atom. The number of aliphatic hydroxyl groups is 1. The molecule has 0 radical (unpaired) electrons. The van der Waals surface area contributed by atoms with Crippen molar-refractivity contribution in [3.05, 3.63) is 0 Å². The molecule has 0 rings (SSSR count). The quantitative estimate of drug-likeness (QED) is 0.0623. The molecule has 4 heteroatoms. The molecule has 0 aromatic heterocycles. The largest absolute Gasteiger partial charge is 0.391 e. The van der Waals surface area contributed by atoms with Gasteiger partial charge in [0.25, 0.3) is 0 Å². The van der Waals surface area contributed by atoms with Gasteiger partial charge in [0.15, 0.2) is 0 Å². The smallest absolute Gasteiger partial charge is 0.0809 e. The highest BCUT2D eigenvalue weighted by Crippen LogP contribution is 2.17. The standard InChI is InChI=1S/C52H106O4/c1-4-6-8-10-12-14-16-18-20-22-24-26-27-29-31-33-35-37-39-41-43-45-52(56-49-51(3)53)50-55-48-47-54-46-44-42-40-38-36-34-32-30-28-25-23-21-19-17-15-13-11-9-7-5-2/h51-53H,4-50H2,1-3H3. The zero-order chi connectivity index (χ0) is 40.5. The van der Waals surface area contributed by atoms with Gasteiger partial charge in [-0.3, -0.25) is 0 Å². The third-order valence-corrected chi connectivity index (χ3v) is 12.0. The average molecular weight is 795 g/mol. The second-order valence-corrected chi connectivity index (χ2v) is 18.1. The molecule has 0 bridgehead atoms. The highest BCUT2D eigenvalue weighted by Gasteiger charge is 2.11. The van der Waals surface area contributed by atoms with Crippen molar-refractivity contribution in [2.75, 3.05) is 33.0 Å². The first-order valence-corrected chi connectivity index (χ1v) is 26.2. The fourth-order valence-electron chi connectivity index (χ4n) is 8.19. The van der Waals surface area contributed by atoms with Crippen LogP contribution in [0.2, 0.25) is 0 Å². The van der Waals surface area contributed by atoms with E-state index in [9.17, 15) is 5.11 Å². The van der Waals surface area contributed by atoms with E-state index in [1.165, 1.54) is 263 Å². The Kier molecular flexibility index (Phi) is 50.8. The van der Waals surface area contributed by atoms with Gasteiger partial charge >= 0.3 is 0 Å². The first-order valence-electron chi connectivity index (χ1n) is 26.2. The van der Waals surface area contributed by atoms with E-state index in [0.29, 0.717) is 26.4 Å². The van der Waals surface area contributed by atoms with Crippen molar-refractivity contribution in [3.63, 3.8) is 0 Å². The molecule has 4 nitrogen and oxygen atoms in total. The topological polar surface area (TPSA) is 47.9 Å². The fourth-order valence-corrected chi connectivity index (χ4v) is 8.19. The molecule has 0 amide bonds. The van der Waals surface area contributed by atoms with Gasteiger partial charge in [0.05, 0.1) is 38.6 Å². The Morgan fingerprint density at radius 3 is 0.875 bits per heavy atom. The normalized spacial score (nSPS) is 12.9. The van der Waals surface area contributed by atoms with E-state index in [1.54, 1.807) is 6.92 Å². The number of hydrogen-bond acceptors (Lipinski definition) is 4. The van der Waals surface area contributed by atoms with E-state index >= 15 is 0 Å². The summed E-state index contributed by atoms with van der Waals surface area (Å²) in [5.41, 5.74) is 0. The van der Waals surface area contributed by atoms with Crippen LogP contribution in [-0.4, -0.2) is 50.3 Å². The van der Waals surface area contributed by atoms with Crippen LogP contribution in [0.15, 0.2) is 0 Å². The summed E-state index contributed by atoms with van der Waals surface area (Å²) < 4.78 is 17.8. The number of unbranched alkanes of at least 4 members (excludes halogenated alkanes) is 39. The minimum absolute atomic E-state index is 0.0782. The summed E-state index contributed by atoms with van der Waals surface area (Å²) in [6.07, 6.45) is 58.6. The Morgan fingerprint density at radius 1 is 0.304 bits per heavy atom. The molecule has 0 aliphatic heterocycles. The zero-order valence-electron chi connectivity index (χ0n) is 39.1. The van der Waals surface area contributed by atoms with E-state index in [0.717, 1.165) is 13.0 Å². The maximum Gasteiger partial charge on any atom is 0.0809 e. The lowest BCUT2D eigenvalue weighted by atomic mass is 10.0. The second kappa shape index (κ2) is 51.0. The van der Waals surface area contributed by atoms with Gasteiger partial charge in [-0.2, -0.15) is 0 Å². The van der Waals surface area contributed by atoms with E-state index in [2.05, 4.69) is 13.8 Å². The van der Waals surface area contributed by atoms with Gasteiger partial charge in [0.1, 0.15) is 0 Å². The van der Waals surface area contributed by atoms with E-state index in [-0.39, 0.29) is 6.10 Å². The Balaban J connectivity index is 3.45.